The molecule has 2 aromatic heterocycles. The number of pyridine rings is 1. The summed E-state index contributed by atoms with van der Waals surface area (Å²) in [6.45, 7) is 2.42. The Morgan fingerprint density at radius 1 is 1.03 bits per heavy atom. The number of aromatic amines is 1. The fraction of sp³-hybridized carbons (Fsp3) is 0.483. The highest BCUT2D eigenvalue weighted by molar-refractivity contribution is 6.09. The Balaban J connectivity index is 1.37. The third-order valence-electron chi connectivity index (χ3n) is 7.52. The number of hydrogen-bond donors (Lipinski definition) is 3. The van der Waals surface area contributed by atoms with Crippen molar-refractivity contribution in [3.8, 4) is 22.6 Å². The zero-order valence-corrected chi connectivity index (χ0v) is 22.6. The van der Waals surface area contributed by atoms with E-state index < -0.39 is 5.82 Å². The highest BCUT2D eigenvalue weighted by atomic mass is 19.1. The molecule has 0 bridgehead atoms. The highest BCUT2D eigenvalue weighted by Crippen LogP contribution is 2.40. The van der Waals surface area contributed by atoms with Gasteiger partial charge in [-0.2, -0.15) is 0 Å². The molecule has 2 amide bonds. The van der Waals surface area contributed by atoms with Gasteiger partial charge in [0.2, 0.25) is 5.91 Å². The lowest BCUT2D eigenvalue weighted by atomic mass is 9.91. The van der Waals surface area contributed by atoms with E-state index in [1.807, 2.05) is 13.0 Å². The van der Waals surface area contributed by atoms with Crippen LogP contribution < -0.4 is 20.1 Å². The van der Waals surface area contributed by atoms with Crippen molar-refractivity contribution in [3.05, 3.63) is 41.5 Å². The summed E-state index contributed by atoms with van der Waals surface area (Å²) in [5, 5.41) is 6.14. The minimum atomic E-state index is -0.493. The van der Waals surface area contributed by atoms with Crippen LogP contribution in [0.1, 0.15) is 54.6 Å². The Bertz CT molecular complexity index is 1360. The first-order valence-corrected chi connectivity index (χ1v) is 13.4. The number of aromatic nitrogens is 2. The number of nitrogens with zero attached hydrogens (tertiary/aromatic N) is 1. The number of halogens is 1. The second-order valence-electron chi connectivity index (χ2n) is 10.5. The van der Waals surface area contributed by atoms with Gasteiger partial charge in [-0.15, -0.1) is 0 Å². The van der Waals surface area contributed by atoms with Crippen molar-refractivity contribution in [2.24, 2.45) is 5.92 Å². The van der Waals surface area contributed by atoms with Gasteiger partial charge in [0, 0.05) is 48.3 Å². The summed E-state index contributed by atoms with van der Waals surface area (Å²) in [4.78, 5) is 33.1. The number of carbonyl (C=O) groups is 2. The van der Waals surface area contributed by atoms with Crippen LogP contribution in [0.4, 0.5) is 4.39 Å². The van der Waals surface area contributed by atoms with Gasteiger partial charge in [-0.1, -0.05) is 0 Å². The molecule has 0 unspecified atom stereocenters. The molecule has 0 saturated heterocycles. The number of ether oxygens (including phenoxy) is 3. The Labute approximate surface area is 226 Å². The summed E-state index contributed by atoms with van der Waals surface area (Å²) in [5.41, 5.74) is 3.81. The van der Waals surface area contributed by atoms with E-state index in [1.54, 1.807) is 12.3 Å². The van der Waals surface area contributed by atoms with Gasteiger partial charge in [0.25, 0.3) is 5.91 Å². The van der Waals surface area contributed by atoms with Gasteiger partial charge in [0.1, 0.15) is 17.9 Å². The molecule has 208 valence electrons. The SMILES string of the molecule is COCC(=O)N[C@H]1CC[C@H](NC(=O)c2c(C)[nH]c3c(-c4cc(OC)c(F)cc4OCC4CC4)ccnc23)CC1. The number of nitrogens with one attached hydrogen (secondary N) is 3. The number of aryl methyl sites for hydroxylation is 1. The molecule has 39 heavy (non-hydrogen) atoms. The van der Waals surface area contributed by atoms with Crippen LogP contribution in [0.3, 0.4) is 0 Å². The molecular formula is C29H35FN4O5. The maximum Gasteiger partial charge on any atom is 0.255 e. The summed E-state index contributed by atoms with van der Waals surface area (Å²) >= 11 is 0. The number of fused-ring (bicyclic) bond motifs is 1. The molecular weight excluding hydrogens is 503 g/mol. The first-order chi connectivity index (χ1) is 18.9. The van der Waals surface area contributed by atoms with E-state index in [9.17, 15) is 14.0 Å². The van der Waals surface area contributed by atoms with E-state index >= 15 is 0 Å². The predicted octanol–water partition coefficient (Wildman–Crippen LogP) is 4.28. The van der Waals surface area contributed by atoms with Crippen molar-refractivity contribution in [3.63, 3.8) is 0 Å². The monoisotopic (exact) mass is 538 g/mol. The Hall–Kier alpha value is -3.66. The van der Waals surface area contributed by atoms with Crippen molar-refractivity contribution in [1.82, 2.24) is 20.6 Å². The van der Waals surface area contributed by atoms with Crippen LogP contribution in [0.5, 0.6) is 11.5 Å². The van der Waals surface area contributed by atoms with Crippen molar-refractivity contribution < 1.29 is 28.2 Å². The van der Waals surface area contributed by atoms with E-state index in [1.165, 1.54) is 20.3 Å². The average Bonchev–Trinajstić information content (AvgIpc) is 3.68. The minimum Gasteiger partial charge on any atom is -0.494 e. The maximum absolute atomic E-state index is 14.6. The summed E-state index contributed by atoms with van der Waals surface area (Å²) < 4.78 is 30.8. The van der Waals surface area contributed by atoms with Gasteiger partial charge in [-0.25, -0.2) is 4.39 Å². The molecule has 9 nitrogen and oxygen atoms in total. The second kappa shape index (κ2) is 11.6. The topological polar surface area (TPSA) is 115 Å². The number of H-pyrrole nitrogens is 1. The van der Waals surface area contributed by atoms with E-state index in [0.29, 0.717) is 46.1 Å². The predicted molar refractivity (Wildman–Crippen MR) is 145 cm³/mol. The van der Waals surface area contributed by atoms with Crippen molar-refractivity contribution in [1.29, 1.82) is 0 Å². The third-order valence-corrected chi connectivity index (χ3v) is 7.52. The van der Waals surface area contributed by atoms with Crippen LogP contribution in [0.25, 0.3) is 22.2 Å². The zero-order chi connectivity index (χ0) is 27.5. The number of carbonyl (C=O) groups excluding carboxylic acids is 2. The van der Waals surface area contributed by atoms with Crippen molar-refractivity contribution in [2.75, 3.05) is 27.4 Å². The van der Waals surface area contributed by atoms with Gasteiger partial charge in [-0.05, 0) is 63.5 Å². The molecule has 0 spiro atoms. The maximum atomic E-state index is 14.6. The largest absolute Gasteiger partial charge is 0.494 e. The van der Waals surface area contributed by atoms with Crippen LogP contribution in [0, 0.1) is 18.7 Å². The minimum absolute atomic E-state index is 0.00407. The number of methoxy groups -OCH3 is 2. The molecule has 10 heteroatoms. The first-order valence-electron chi connectivity index (χ1n) is 13.4. The molecule has 2 aliphatic rings. The van der Waals surface area contributed by atoms with E-state index in [0.717, 1.165) is 44.1 Å². The van der Waals surface area contributed by atoms with Gasteiger partial charge in [0.15, 0.2) is 11.6 Å². The lowest BCUT2D eigenvalue weighted by molar-refractivity contribution is -0.125. The van der Waals surface area contributed by atoms with Crippen LogP contribution in [-0.2, 0) is 9.53 Å². The van der Waals surface area contributed by atoms with Gasteiger partial charge < -0.3 is 29.8 Å². The standard InChI is InChI=1S/C29H35FN4O5/c1-16-26(29(36)34-19-8-6-18(7-9-19)33-25(35)15-37-2)28-27(32-16)20(10-11-31-28)21-12-24(38-3)22(30)13-23(21)39-14-17-4-5-17/h10-13,17-19,32H,4-9,14-15H2,1-3H3,(H,33,35)(H,34,36)/t18-,19-. The molecule has 2 heterocycles. The lowest BCUT2D eigenvalue weighted by Crippen LogP contribution is -2.44. The molecule has 3 aromatic rings. The Kier molecular flexibility index (Phi) is 8.02. The molecule has 2 saturated carbocycles. The van der Waals surface area contributed by atoms with E-state index in [-0.39, 0.29) is 36.3 Å². The van der Waals surface area contributed by atoms with Crippen molar-refractivity contribution >= 4 is 22.8 Å². The van der Waals surface area contributed by atoms with Crippen LogP contribution >= 0.6 is 0 Å². The summed E-state index contributed by atoms with van der Waals surface area (Å²) in [7, 11) is 2.92. The summed E-state index contributed by atoms with van der Waals surface area (Å²) in [5.74, 6) is 0.232. The zero-order valence-electron chi connectivity index (χ0n) is 22.6. The summed E-state index contributed by atoms with van der Waals surface area (Å²) in [6, 6.07) is 4.91. The van der Waals surface area contributed by atoms with Crippen LogP contribution in [0.2, 0.25) is 0 Å². The van der Waals surface area contributed by atoms with Crippen LogP contribution in [0.15, 0.2) is 24.4 Å². The lowest BCUT2D eigenvalue weighted by Gasteiger charge is -2.29. The first kappa shape index (κ1) is 26.9. The normalized spacial score (nSPS) is 19.1. The number of benzene rings is 1. The van der Waals surface area contributed by atoms with Gasteiger partial charge in [0.05, 0.1) is 24.8 Å². The molecule has 5 rings (SSSR count). The molecule has 2 aliphatic carbocycles. The van der Waals surface area contributed by atoms with E-state index in [4.69, 9.17) is 14.2 Å². The number of amides is 2. The molecule has 0 radical (unpaired) electrons. The number of hydrogen-bond acceptors (Lipinski definition) is 6. The fourth-order valence-electron chi connectivity index (χ4n) is 5.26. The van der Waals surface area contributed by atoms with Gasteiger partial charge >= 0.3 is 0 Å². The molecule has 0 aliphatic heterocycles. The number of rotatable bonds is 10. The Morgan fingerprint density at radius 2 is 1.74 bits per heavy atom. The molecule has 2 fully saturated rings. The Morgan fingerprint density at radius 3 is 2.41 bits per heavy atom. The van der Waals surface area contributed by atoms with Gasteiger partial charge in [-0.3, -0.25) is 14.6 Å². The molecule has 0 atom stereocenters. The average molecular weight is 539 g/mol. The smallest absolute Gasteiger partial charge is 0.255 e. The van der Waals surface area contributed by atoms with Crippen LogP contribution in [-0.4, -0.2) is 61.3 Å². The molecule has 1 aromatic carbocycles. The second-order valence-corrected chi connectivity index (χ2v) is 10.5. The quantitative estimate of drug-likeness (QED) is 0.355. The highest BCUT2D eigenvalue weighted by Gasteiger charge is 2.28. The molecule has 3 N–H and O–H groups in total. The fourth-order valence-corrected chi connectivity index (χ4v) is 5.26. The third kappa shape index (κ3) is 6.00. The van der Waals surface area contributed by atoms with Crippen molar-refractivity contribution in [2.45, 2.75) is 57.5 Å². The summed E-state index contributed by atoms with van der Waals surface area (Å²) in [6.07, 6.45) is 6.98. The van der Waals surface area contributed by atoms with E-state index in [2.05, 4.69) is 20.6 Å².